The maximum Gasteiger partial charge on any atom is 0.221 e. The molecule has 0 saturated heterocycles. The second-order valence-electron chi connectivity index (χ2n) is 5.38. The summed E-state index contributed by atoms with van der Waals surface area (Å²) in [6, 6.07) is 8.32. The van der Waals surface area contributed by atoms with Crippen LogP contribution in [0.4, 0.5) is 5.69 Å². The molecule has 0 bridgehead atoms. The van der Waals surface area contributed by atoms with Gasteiger partial charge in [0.1, 0.15) is 5.75 Å². The van der Waals surface area contributed by atoms with E-state index in [0.717, 1.165) is 30.7 Å². The number of hydrogen-bond acceptors (Lipinski definition) is 3. The topological polar surface area (TPSA) is 50.4 Å². The smallest absolute Gasteiger partial charge is 0.221 e. The maximum absolute atomic E-state index is 11.6. The fourth-order valence-corrected chi connectivity index (χ4v) is 1.84. The zero-order chi connectivity index (χ0) is 14.4. The van der Waals surface area contributed by atoms with Crippen LogP contribution >= 0.6 is 0 Å². The molecule has 1 saturated carbocycles. The molecular weight excluding hydrogens is 252 g/mol. The van der Waals surface area contributed by atoms with Crippen LogP contribution in [0.5, 0.6) is 5.75 Å². The molecule has 0 spiro atoms. The first-order valence-electron chi connectivity index (χ1n) is 7.47. The summed E-state index contributed by atoms with van der Waals surface area (Å²) in [6.07, 6.45) is 3.98. The van der Waals surface area contributed by atoms with Crippen molar-refractivity contribution in [1.29, 1.82) is 0 Å². The quantitative estimate of drug-likeness (QED) is 0.767. The molecule has 1 aromatic rings. The Bertz CT molecular complexity index is 444. The first-order valence-corrected chi connectivity index (χ1v) is 7.47. The molecule has 4 nitrogen and oxygen atoms in total. The molecule has 1 aromatic carbocycles. The Hall–Kier alpha value is -1.71. The Morgan fingerprint density at radius 2 is 2.25 bits per heavy atom. The predicted octanol–water partition coefficient (Wildman–Crippen LogP) is 2.94. The number of ether oxygens (including phenoxy) is 1. The van der Waals surface area contributed by atoms with E-state index in [0.29, 0.717) is 19.0 Å². The van der Waals surface area contributed by atoms with Crippen molar-refractivity contribution in [2.24, 2.45) is 0 Å². The summed E-state index contributed by atoms with van der Waals surface area (Å²) < 4.78 is 5.77. The summed E-state index contributed by atoms with van der Waals surface area (Å²) >= 11 is 0. The Kier molecular flexibility index (Phi) is 5.27. The molecule has 4 heteroatoms. The number of rotatable bonds is 8. The van der Waals surface area contributed by atoms with Gasteiger partial charge in [-0.15, -0.1) is 0 Å². The Labute approximate surface area is 120 Å². The SMILES string of the molecule is CCC(C)Oc1cccc(NCCC(=O)NC2CC2)c1. The van der Waals surface area contributed by atoms with Crippen molar-refractivity contribution in [2.75, 3.05) is 11.9 Å². The van der Waals surface area contributed by atoms with Crippen LogP contribution in [0, 0.1) is 0 Å². The average Bonchev–Trinajstić information content (AvgIpc) is 3.23. The monoisotopic (exact) mass is 276 g/mol. The van der Waals surface area contributed by atoms with Crippen molar-refractivity contribution >= 4 is 11.6 Å². The van der Waals surface area contributed by atoms with E-state index >= 15 is 0 Å². The number of amides is 1. The molecule has 20 heavy (non-hydrogen) atoms. The van der Waals surface area contributed by atoms with Gasteiger partial charge in [0.2, 0.25) is 5.91 Å². The van der Waals surface area contributed by atoms with Gasteiger partial charge in [-0.3, -0.25) is 4.79 Å². The molecule has 1 fully saturated rings. The zero-order valence-corrected chi connectivity index (χ0v) is 12.3. The van der Waals surface area contributed by atoms with Gasteiger partial charge in [0.25, 0.3) is 0 Å². The van der Waals surface area contributed by atoms with Gasteiger partial charge in [0.15, 0.2) is 0 Å². The summed E-state index contributed by atoms with van der Waals surface area (Å²) in [7, 11) is 0. The van der Waals surface area contributed by atoms with Gasteiger partial charge in [0, 0.05) is 30.8 Å². The van der Waals surface area contributed by atoms with Crippen LogP contribution in [0.3, 0.4) is 0 Å². The Morgan fingerprint density at radius 3 is 2.95 bits per heavy atom. The minimum atomic E-state index is 0.131. The number of hydrogen-bond donors (Lipinski definition) is 2. The van der Waals surface area contributed by atoms with Gasteiger partial charge >= 0.3 is 0 Å². The molecule has 1 aliphatic carbocycles. The average molecular weight is 276 g/mol. The highest BCUT2D eigenvalue weighted by molar-refractivity contribution is 5.77. The van der Waals surface area contributed by atoms with E-state index in [-0.39, 0.29) is 12.0 Å². The van der Waals surface area contributed by atoms with Crippen molar-refractivity contribution < 1.29 is 9.53 Å². The molecule has 110 valence electrons. The highest BCUT2D eigenvalue weighted by Crippen LogP contribution is 2.20. The zero-order valence-electron chi connectivity index (χ0n) is 12.3. The third-order valence-electron chi connectivity index (χ3n) is 3.37. The van der Waals surface area contributed by atoms with Crippen LogP contribution in [0.2, 0.25) is 0 Å². The Balaban J connectivity index is 1.74. The fourth-order valence-electron chi connectivity index (χ4n) is 1.84. The summed E-state index contributed by atoms with van der Waals surface area (Å²) in [5, 5.41) is 6.24. The number of carbonyl (C=O) groups is 1. The normalized spacial score (nSPS) is 15.5. The van der Waals surface area contributed by atoms with Gasteiger partial charge in [-0.25, -0.2) is 0 Å². The maximum atomic E-state index is 11.6. The highest BCUT2D eigenvalue weighted by atomic mass is 16.5. The van der Waals surface area contributed by atoms with Crippen molar-refractivity contribution in [3.63, 3.8) is 0 Å². The third kappa shape index (κ3) is 5.11. The molecule has 1 atom stereocenters. The predicted molar refractivity (Wildman–Crippen MR) is 81.1 cm³/mol. The molecule has 0 aromatic heterocycles. The summed E-state index contributed by atoms with van der Waals surface area (Å²) in [5.74, 6) is 0.999. The lowest BCUT2D eigenvalue weighted by Crippen LogP contribution is -2.27. The van der Waals surface area contributed by atoms with Gasteiger partial charge in [0.05, 0.1) is 6.10 Å². The van der Waals surface area contributed by atoms with E-state index in [1.165, 1.54) is 0 Å². The number of benzene rings is 1. The number of carbonyl (C=O) groups excluding carboxylic acids is 1. The molecule has 1 aliphatic rings. The van der Waals surface area contributed by atoms with Gasteiger partial charge in [-0.2, -0.15) is 0 Å². The fraction of sp³-hybridized carbons (Fsp3) is 0.562. The van der Waals surface area contributed by atoms with Crippen LogP contribution in [0.15, 0.2) is 24.3 Å². The lowest BCUT2D eigenvalue weighted by Gasteiger charge is -2.14. The standard InChI is InChI=1S/C16H24N2O2/c1-3-12(2)20-15-6-4-5-14(11-15)17-10-9-16(19)18-13-7-8-13/h4-6,11-13,17H,3,7-10H2,1-2H3,(H,18,19). The van der Waals surface area contributed by atoms with Crippen molar-refractivity contribution in [3.8, 4) is 5.75 Å². The second-order valence-corrected chi connectivity index (χ2v) is 5.38. The van der Waals surface area contributed by atoms with E-state index in [2.05, 4.69) is 24.5 Å². The van der Waals surface area contributed by atoms with Gasteiger partial charge < -0.3 is 15.4 Å². The van der Waals surface area contributed by atoms with E-state index in [4.69, 9.17) is 4.74 Å². The van der Waals surface area contributed by atoms with Gasteiger partial charge in [-0.1, -0.05) is 13.0 Å². The van der Waals surface area contributed by atoms with Gasteiger partial charge in [-0.05, 0) is 38.3 Å². The van der Waals surface area contributed by atoms with Crippen LogP contribution in [-0.4, -0.2) is 24.6 Å². The first kappa shape index (κ1) is 14.7. The minimum absolute atomic E-state index is 0.131. The van der Waals surface area contributed by atoms with E-state index < -0.39 is 0 Å². The largest absolute Gasteiger partial charge is 0.491 e. The van der Waals surface area contributed by atoms with Crippen molar-refractivity contribution in [2.45, 2.75) is 51.7 Å². The lowest BCUT2D eigenvalue weighted by atomic mass is 10.2. The van der Waals surface area contributed by atoms with Crippen LogP contribution < -0.4 is 15.4 Å². The Morgan fingerprint density at radius 1 is 1.45 bits per heavy atom. The summed E-state index contributed by atoms with van der Waals surface area (Å²) in [5.41, 5.74) is 0.991. The molecule has 0 radical (unpaired) electrons. The van der Waals surface area contributed by atoms with Crippen molar-refractivity contribution in [3.05, 3.63) is 24.3 Å². The number of nitrogens with one attached hydrogen (secondary N) is 2. The summed E-state index contributed by atoms with van der Waals surface area (Å²) in [4.78, 5) is 11.6. The lowest BCUT2D eigenvalue weighted by molar-refractivity contribution is -0.120. The van der Waals surface area contributed by atoms with Crippen LogP contribution in [0.1, 0.15) is 39.5 Å². The van der Waals surface area contributed by atoms with Crippen LogP contribution in [-0.2, 0) is 4.79 Å². The van der Waals surface area contributed by atoms with Crippen molar-refractivity contribution in [1.82, 2.24) is 5.32 Å². The number of anilines is 1. The highest BCUT2D eigenvalue weighted by Gasteiger charge is 2.22. The molecule has 2 rings (SSSR count). The molecule has 1 amide bonds. The molecule has 0 heterocycles. The molecule has 0 aliphatic heterocycles. The summed E-state index contributed by atoms with van der Waals surface area (Å²) in [6.45, 7) is 4.80. The second kappa shape index (κ2) is 7.17. The first-order chi connectivity index (χ1) is 9.67. The van der Waals surface area contributed by atoms with E-state index in [1.807, 2.05) is 24.3 Å². The molecule has 2 N–H and O–H groups in total. The molecular formula is C16H24N2O2. The third-order valence-corrected chi connectivity index (χ3v) is 3.37. The minimum Gasteiger partial charge on any atom is -0.491 e. The van der Waals surface area contributed by atoms with E-state index in [9.17, 15) is 4.79 Å². The van der Waals surface area contributed by atoms with Crippen LogP contribution in [0.25, 0.3) is 0 Å². The van der Waals surface area contributed by atoms with E-state index in [1.54, 1.807) is 0 Å². The molecule has 1 unspecified atom stereocenters.